The van der Waals surface area contributed by atoms with Crippen LogP contribution in [0, 0.1) is 13.8 Å². The zero-order valence-electron chi connectivity index (χ0n) is 12.8. The normalized spacial score (nSPS) is 11.4. The van der Waals surface area contributed by atoms with Crippen LogP contribution >= 0.6 is 11.3 Å². The molecular formula is C18H17NO2S. The number of rotatable bonds is 3. The van der Waals surface area contributed by atoms with Gasteiger partial charge in [0, 0.05) is 0 Å². The maximum Gasteiger partial charge on any atom is 0.161 e. The fourth-order valence-corrected chi connectivity index (χ4v) is 3.18. The van der Waals surface area contributed by atoms with Crippen molar-refractivity contribution in [3.8, 4) is 11.5 Å². The van der Waals surface area contributed by atoms with Gasteiger partial charge in [-0.1, -0.05) is 12.1 Å². The highest BCUT2D eigenvalue weighted by Crippen LogP contribution is 2.29. The first-order valence-electron chi connectivity index (χ1n) is 6.99. The Labute approximate surface area is 133 Å². The number of phenolic OH excluding ortho intramolecular Hbond substituents is 1. The van der Waals surface area contributed by atoms with Crippen molar-refractivity contribution in [2.75, 3.05) is 7.11 Å². The predicted octanol–water partition coefficient (Wildman–Crippen LogP) is 4.80. The van der Waals surface area contributed by atoms with E-state index >= 15 is 0 Å². The summed E-state index contributed by atoms with van der Waals surface area (Å²) in [5.41, 5.74) is 4.55. The zero-order valence-corrected chi connectivity index (χ0v) is 13.6. The van der Waals surface area contributed by atoms with Gasteiger partial charge in [0.2, 0.25) is 0 Å². The minimum atomic E-state index is 0.144. The number of aromatic nitrogens is 1. The molecule has 0 aliphatic rings. The van der Waals surface area contributed by atoms with Crippen LogP contribution < -0.4 is 4.74 Å². The highest BCUT2D eigenvalue weighted by atomic mass is 32.1. The Morgan fingerprint density at radius 2 is 1.86 bits per heavy atom. The molecule has 3 rings (SSSR count). The Kier molecular flexibility index (Phi) is 3.86. The van der Waals surface area contributed by atoms with Gasteiger partial charge < -0.3 is 9.84 Å². The van der Waals surface area contributed by atoms with E-state index in [4.69, 9.17) is 4.74 Å². The average molecular weight is 311 g/mol. The molecule has 0 amide bonds. The van der Waals surface area contributed by atoms with E-state index in [0.717, 1.165) is 16.1 Å². The quantitative estimate of drug-likeness (QED) is 0.755. The third kappa shape index (κ3) is 2.83. The number of benzene rings is 2. The van der Waals surface area contributed by atoms with E-state index in [0.29, 0.717) is 5.75 Å². The van der Waals surface area contributed by atoms with Crippen LogP contribution in [0.2, 0.25) is 0 Å². The van der Waals surface area contributed by atoms with Gasteiger partial charge in [-0.2, -0.15) is 0 Å². The van der Waals surface area contributed by atoms with Gasteiger partial charge in [0.05, 0.1) is 17.3 Å². The Morgan fingerprint density at radius 1 is 1.09 bits per heavy atom. The lowest BCUT2D eigenvalue weighted by Crippen LogP contribution is -1.84. The Balaban J connectivity index is 1.92. The summed E-state index contributed by atoms with van der Waals surface area (Å²) in [6.45, 7) is 4.22. The third-order valence-corrected chi connectivity index (χ3v) is 4.63. The molecule has 0 fully saturated rings. The number of phenols is 1. The van der Waals surface area contributed by atoms with Crippen LogP contribution in [0.25, 0.3) is 22.4 Å². The van der Waals surface area contributed by atoms with E-state index in [9.17, 15) is 5.11 Å². The summed E-state index contributed by atoms with van der Waals surface area (Å²) in [4.78, 5) is 4.64. The van der Waals surface area contributed by atoms with Gasteiger partial charge in [0.15, 0.2) is 11.5 Å². The average Bonchev–Trinajstić information content (AvgIpc) is 2.88. The summed E-state index contributed by atoms with van der Waals surface area (Å²) < 4.78 is 6.32. The number of aromatic hydroxyl groups is 1. The maximum absolute atomic E-state index is 9.61. The zero-order chi connectivity index (χ0) is 15.7. The molecule has 3 aromatic rings. The molecule has 4 heteroatoms. The molecule has 0 radical (unpaired) electrons. The molecule has 3 nitrogen and oxygen atoms in total. The van der Waals surface area contributed by atoms with Gasteiger partial charge in [0.1, 0.15) is 5.01 Å². The van der Waals surface area contributed by atoms with Gasteiger partial charge in [-0.3, -0.25) is 0 Å². The van der Waals surface area contributed by atoms with Gasteiger partial charge in [-0.15, -0.1) is 11.3 Å². The van der Waals surface area contributed by atoms with Gasteiger partial charge >= 0.3 is 0 Å². The number of aryl methyl sites for hydroxylation is 2. The minimum Gasteiger partial charge on any atom is -0.504 e. The highest BCUT2D eigenvalue weighted by Gasteiger charge is 2.04. The number of fused-ring (bicyclic) bond motifs is 1. The van der Waals surface area contributed by atoms with Gasteiger partial charge in [-0.05, 0) is 60.9 Å². The van der Waals surface area contributed by atoms with Crippen LogP contribution in [-0.2, 0) is 0 Å². The third-order valence-electron chi connectivity index (χ3n) is 3.64. The van der Waals surface area contributed by atoms with E-state index in [-0.39, 0.29) is 5.75 Å². The minimum absolute atomic E-state index is 0.144. The van der Waals surface area contributed by atoms with E-state index < -0.39 is 0 Å². The number of nitrogens with zero attached hydrogens (tertiary/aromatic N) is 1. The fourth-order valence-electron chi connectivity index (χ4n) is 2.23. The molecule has 0 bridgehead atoms. The van der Waals surface area contributed by atoms with Crippen molar-refractivity contribution < 1.29 is 9.84 Å². The van der Waals surface area contributed by atoms with Crippen LogP contribution in [0.1, 0.15) is 21.7 Å². The second kappa shape index (κ2) is 5.81. The van der Waals surface area contributed by atoms with Gasteiger partial charge in [-0.25, -0.2) is 4.98 Å². The lowest BCUT2D eigenvalue weighted by molar-refractivity contribution is 0.373. The highest BCUT2D eigenvalue weighted by molar-refractivity contribution is 7.19. The second-order valence-electron chi connectivity index (χ2n) is 5.22. The Hall–Kier alpha value is -2.33. The Bertz CT molecular complexity index is 826. The molecule has 1 N–H and O–H groups in total. The molecule has 0 saturated heterocycles. The van der Waals surface area contributed by atoms with E-state index in [1.807, 2.05) is 18.2 Å². The van der Waals surface area contributed by atoms with Crippen LogP contribution in [0.4, 0.5) is 0 Å². The number of thiazole rings is 1. The van der Waals surface area contributed by atoms with Crippen molar-refractivity contribution in [1.82, 2.24) is 4.98 Å². The lowest BCUT2D eigenvalue weighted by atomic mass is 10.1. The van der Waals surface area contributed by atoms with Crippen LogP contribution in [0.3, 0.4) is 0 Å². The molecule has 0 atom stereocenters. The first-order chi connectivity index (χ1) is 10.6. The SMILES string of the molecule is COc1cc(C=Cc2nc3cc(C)c(C)cc3s2)ccc1O. The summed E-state index contributed by atoms with van der Waals surface area (Å²) in [6.07, 6.45) is 3.96. The molecule has 0 unspecified atom stereocenters. The van der Waals surface area contributed by atoms with E-state index in [1.54, 1.807) is 30.6 Å². The van der Waals surface area contributed by atoms with E-state index in [1.165, 1.54) is 15.8 Å². The Morgan fingerprint density at radius 3 is 2.64 bits per heavy atom. The van der Waals surface area contributed by atoms with Crippen molar-refractivity contribution in [3.63, 3.8) is 0 Å². The molecule has 1 aromatic heterocycles. The van der Waals surface area contributed by atoms with Crippen LogP contribution in [-0.4, -0.2) is 17.2 Å². The summed E-state index contributed by atoms with van der Waals surface area (Å²) in [5.74, 6) is 0.614. The topological polar surface area (TPSA) is 42.4 Å². The van der Waals surface area contributed by atoms with Crippen LogP contribution in [0.5, 0.6) is 11.5 Å². The molecule has 1 heterocycles. The van der Waals surface area contributed by atoms with Crippen molar-refractivity contribution in [2.45, 2.75) is 13.8 Å². The maximum atomic E-state index is 9.61. The molecule has 0 aliphatic heterocycles. The molecule has 0 aliphatic carbocycles. The molecule has 112 valence electrons. The van der Waals surface area contributed by atoms with Crippen molar-refractivity contribution in [1.29, 1.82) is 0 Å². The molecule has 0 spiro atoms. The van der Waals surface area contributed by atoms with Crippen LogP contribution in [0.15, 0.2) is 30.3 Å². The van der Waals surface area contributed by atoms with Crippen molar-refractivity contribution in [3.05, 3.63) is 52.0 Å². The van der Waals surface area contributed by atoms with Gasteiger partial charge in [0.25, 0.3) is 0 Å². The lowest BCUT2D eigenvalue weighted by Gasteiger charge is -2.03. The number of methoxy groups -OCH3 is 1. The standard InChI is InChI=1S/C18H17NO2S/c1-11-8-14-17(9-12(11)2)22-18(19-14)7-5-13-4-6-15(20)16(10-13)21-3/h4-10,20H,1-3H3. The number of ether oxygens (including phenoxy) is 1. The molecule has 2 aromatic carbocycles. The summed E-state index contributed by atoms with van der Waals surface area (Å²) in [7, 11) is 1.54. The monoisotopic (exact) mass is 311 g/mol. The van der Waals surface area contributed by atoms with Crippen molar-refractivity contribution >= 4 is 33.7 Å². The summed E-state index contributed by atoms with van der Waals surface area (Å²) in [5, 5.41) is 10.6. The number of hydrogen-bond acceptors (Lipinski definition) is 4. The fraction of sp³-hybridized carbons (Fsp3) is 0.167. The largest absolute Gasteiger partial charge is 0.504 e. The first kappa shape index (κ1) is 14.6. The first-order valence-corrected chi connectivity index (χ1v) is 7.81. The molecule has 0 saturated carbocycles. The molecule has 22 heavy (non-hydrogen) atoms. The van der Waals surface area contributed by atoms with Crippen molar-refractivity contribution in [2.24, 2.45) is 0 Å². The smallest absolute Gasteiger partial charge is 0.161 e. The molecular weight excluding hydrogens is 294 g/mol. The summed E-state index contributed by atoms with van der Waals surface area (Å²) in [6, 6.07) is 9.58. The van der Waals surface area contributed by atoms with E-state index in [2.05, 4.69) is 31.0 Å². The summed E-state index contributed by atoms with van der Waals surface area (Å²) >= 11 is 1.67. The number of hydrogen-bond donors (Lipinski definition) is 1. The second-order valence-corrected chi connectivity index (χ2v) is 6.28. The predicted molar refractivity (Wildman–Crippen MR) is 92.7 cm³/mol.